The summed E-state index contributed by atoms with van der Waals surface area (Å²) < 4.78 is 0. The fraction of sp³-hybridized carbons (Fsp3) is 0.333. The zero-order valence-electron chi connectivity index (χ0n) is 5.18. The second kappa shape index (κ2) is 3.48. The summed E-state index contributed by atoms with van der Waals surface area (Å²) in [7, 11) is 0. The van der Waals surface area contributed by atoms with Gasteiger partial charge in [0.1, 0.15) is 12.2 Å². The van der Waals surface area contributed by atoms with E-state index in [9.17, 15) is 0 Å². The molecule has 0 aromatic rings. The van der Waals surface area contributed by atoms with Gasteiger partial charge in [0.2, 0.25) is 0 Å². The van der Waals surface area contributed by atoms with Crippen LogP contribution in [0.1, 0.15) is 0 Å². The van der Waals surface area contributed by atoms with Crippen molar-refractivity contribution in [3.8, 4) is 0 Å². The standard InChI is InChI=1S/C6H8O4/c7-9-5-1-2-6(10-8)4-3-5/h1-8H. The van der Waals surface area contributed by atoms with Crippen LogP contribution >= 0.6 is 0 Å². The van der Waals surface area contributed by atoms with Crippen LogP contribution in [0.2, 0.25) is 0 Å². The van der Waals surface area contributed by atoms with E-state index in [1.165, 1.54) is 0 Å². The lowest BCUT2D eigenvalue weighted by Crippen LogP contribution is -2.13. The van der Waals surface area contributed by atoms with Gasteiger partial charge >= 0.3 is 0 Å². The lowest BCUT2D eigenvalue weighted by atomic mass is 10.1. The predicted octanol–water partition coefficient (Wildman–Crippen LogP) is 0.829. The molecule has 4 nitrogen and oxygen atoms in total. The fourth-order valence-corrected chi connectivity index (χ4v) is 0.707. The van der Waals surface area contributed by atoms with Crippen molar-refractivity contribution >= 4 is 0 Å². The van der Waals surface area contributed by atoms with Gasteiger partial charge in [-0.2, -0.15) is 0 Å². The van der Waals surface area contributed by atoms with Crippen LogP contribution in [0, 0.1) is 0 Å². The van der Waals surface area contributed by atoms with Crippen molar-refractivity contribution in [3.63, 3.8) is 0 Å². The smallest absolute Gasteiger partial charge is 0.129 e. The van der Waals surface area contributed by atoms with Crippen LogP contribution in [0.4, 0.5) is 0 Å². The molecule has 0 heterocycles. The molecular weight excluding hydrogens is 136 g/mol. The van der Waals surface area contributed by atoms with E-state index in [0.29, 0.717) is 0 Å². The highest BCUT2D eigenvalue weighted by molar-refractivity contribution is 5.15. The van der Waals surface area contributed by atoms with E-state index >= 15 is 0 Å². The van der Waals surface area contributed by atoms with Crippen LogP contribution in [0.25, 0.3) is 0 Å². The molecule has 0 atom stereocenters. The highest BCUT2D eigenvalue weighted by Crippen LogP contribution is 2.06. The van der Waals surface area contributed by atoms with Crippen molar-refractivity contribution in [1.29, 1.82) is 0 Å². The van der Waals surface area contributed by atoms with E-state index in [1.54, 1.807) is 24.3 Å². The van der Waals surface area contributed by atoms with Crippen molar-refractivity contribution < 1.29 is 20.3 Å². The number of hydrogen-bond acceptors (Lipinski definition) is 4. The lowest BCUT2D eigenvalue weighted by molar-refractivity contribution is -0.262. The summed E-state index contributed by atoms with van der Waals surface area (Å²) >= 11 is 0. The lowest BCUT2D eigenvalue weighted by Gasteiger charge is -2.10. The summed E-state index contributed by atoms with van der Waals surface area (Å²) in [6.07, 6.45) is 5.43. The molecule has 0 amide bonds. The first-order valence-electron chi connectivity index (χ1n) is 2.84. The third kappa shape index (κ3) is 1.65. The first kappa shape index (κ1) is 7.43. The predicted molar refractivity (Wildman–Crippen MR) is 33.3 cm³/mol. The van der Waals surface area contributed by atoms with Gasteiger partial charge in [-0.1, -0.05) is 0 Å². The number of rotatable bonds is 2. The van der Waals surface area contributed by atoms with Crippen LogP contribution in [0.5, 0.6) is 0 Å². The second-order valence-corrected chi connectivity index (χ2v) is 1.91. The van der Waals surface area contributed by atoms with Crippen LogP contribution < -0.4 is 0 Å². The minimum atomic E-state index is -0.425. The molecule has 0 unspecified atom stereocenters. The summed E-state index contributed by atoms with van der Waals surface area (Å²) in [5.74, 6) is 0. The third-order valence-electron chi connectivity index (χ3n) is 1.22. The minimum absolute atomic E-state index is 0.425. The van der Waals surface area contributed by atoms with E-state index in [-0.39, 0.29) is 0 Å². The van der Waals surface area contributed by atoms with Gasteiger partial charge in [0.25, 0.3) is 0 Å². The Hall–Kier alpha value is -0.680. The topological polar surface area (TPSA) is 58.9 Å². The zero-order chi connectivity index (χ0) is 7.40. The maximum atomic E-state index is 8.14. The van der Waals surface area contributed by atoms with Gasteiger partial charge in [-0.25, -0.2) is 9.78 Å². The number of hydrogen-bond donors (Lipinski definition) is 2. The van der Waals surface area contributed by atoms with Crippen molar-refractivity contribution in [3.05, 3.63) is 24.3 Å². The monoisotopic (exact) mass is 144 g/mol. The molecule has 4 heteroatoms. The van der Waals surface area contributed by atoms with Gasteiger partial charge in [-0.15, -0.1) is 0 Å². The third-order valence-corrected chi connectivity index (χ3v) is 1.22. The molecule has 0 radical (unpaired) electrons. The van der Waals surface area contributed by atoms with Gasteiger partial charge in [-0.3, -0.25) is 10.5 Å². The molecule has 0 fully saturated rings. The second-order valence-electron chi connectivity index (χ2n) is 1.91. The average molecular weight is 144 g/mol. The highest BCUT2D eigenvalue weighted by atomic mass is 17.1. The first-order chi connectivity index (χ1) is 4.86. The molecule has 10 heavy (non-hydrogen) atoms. The minimum Gasteiger partial charge on any atom is -0.251 e. The van der Waals surface area contributed by atoms with E-state index in [4.69, 9.17) is 10.5 Å². The molecule has 1 aliphatic rings. The molecule has 0 spiro atoms. The Kier molecular flexibility index (Phi) is 2.58. The van der Waals surface area contributed by atoms with E-state index in [1.807, 2.05) is 0 Å². The highest BCUT2D eigenvalue weighted by Gasteiger charge is 2.08. The van der Waals surface area contributed by atoms with Crippen LogP contribution in [-0.2, 0) is 9.78 Å². The Morgan fingerprint density at radius 2 is 1.10 bits per heavy atom. The van der Waals surface area contributed by atoms with E-state index < -0.39 is 12.2 Å². The van der Waals surface area contributed by atoms with Crippen molar-refractivity contribution in [2.45, 2.75) is 12.2 Å². The van der Waals surface area contributed by atoms with E-state index in [2.05, 4.69) is 9.78 Å². The molecule has 0 bridgehead atoms. The molecule has 1 rings (SSSR count). The molecule has 1 aliphatic carbocycles. The Morgan fingerprint density at radius 1 is 0.800 bits per heavy atom. The fourth-order valence-electron chi connectivity index (χ4n) is 0.707. The molecule has 0 aromatic carbocycles. The Bertz CT molecular complexity index is 122. The first-order valence-corrected chi connectivity index (χ1v) is 2.84. The Labute approximate surface area is 57.9 Å². The molecule has 0 aromatic heterocycles. The van der Waals surface area contributed by atoms with Crippen molar-refractivity contribution in [1.82, 2.24) is 0 Å². The quantitative estimate of drug-likeness (QED) is 0.342. The van der Waals surface area contributed by atoms with Crippen LogP contribution in [-0.4, -0.2) is 22.7 Å². The summed E-state index contributed by atoms with van der Waals surface area (Å²) in [4.78, 5) is 7.95. The molecule has 0 aliphatic heterocycles. The molecule has 2 N–H and O–H groups in total. The van der Waals surface area contributed by atoms with Crippen molar-refractivity contribution in [2.75, 3.05) is 0 Å². The summed E-state index contributed by atoms with van der Waals surface area (Å²) in [6.45, 7) is 0. The zero-order valence-corrected chi connectivity index (χ0v) is 5.18. The largest absolute Gasteiger partial charge is 0.251 e. The Balaban J connectivity index is 2.45. The summed E-state index contributed by atoms with van der Waals surface area (Å²) in [5.41, 5.74) is 0. The van der Waals surface area contributed by atoms with Crippen LogP contribution in [0.15, 0.2) is 24.3 Å². The van der Waals surface area contributed by atoms with Gasteiger partial charge in [-0.05, 0) is 24.3 Å². The van der Waals surface area contributed by atoms with Crippen molar-refractivity contribution in [2.24, 2.45) is 0 Å². The molecule has 0 saturated carbocycles. The van der Waals surface area contributed by atoms with Gasteiger partial charge in [0, 0.05) is 0 Å². The summed E-state index contributed by atoms with van der Waals surface area (Å²) in [6, 6.07) is 0. The maximum absolute atomic E-state index is 8.14. The maximum Gasteiger partial charge on any atom is 0.129 e. The van der Waals surface area contributed by atoms with E-state index in [0.717, 1.165) is 0 Å². The average Bonchev–Trinajstić information content (AvgIpc) is 2.05. The molecule has 56 valence electrons. The normalized spacial score (nSPS) is 31.0. The van der Waals surface area contributed by atoms with Gasteiger partial charge < -0.3 is 0 Å². The summed E-state index contributed by atoms with van der Waals surface area (Å²) in [5, 5.41) is 16.3. The SMILES string of the molecule is OOC1C=CC(OO)C=C1. The van der Waals surface area contributed by atoms with Gasteiger partial charge in [0.15, 0.2) is 0 Å². The Morgan fingerprint density at radius 3 is 1.30 bits per heavy atom. The van der Waals surface area contributed by atoms with Crippen LogP contribution in [0.3, 0.4) is 0 Å². The van der Waals surface area contributed by atoms with Gasteiger partial charge in [0.05, 0.1) is 0 Å². The molecular formula is C6H8O4. The molecule has 0 saturated heterocycles.